The second-order valence-corrected chi connectivity index (χ2v) is 3.03. The molecule has 0 aliphatic heterocycles. The van der Waals surface area contributed by atoms with E-state index < -0.39 is 0 Å². The van der Waals surface area contributed by atoms with Crippen LogP contribution in [0.1, 0.15) is 5.69 Å². The Hall–Kier alpha value is -1.84. The van der Waals surface area contributed by atoms with E-state index in [0.717, 1.165) is 17.2 Å². The van der Waals surface area contributed by atoms with E-state index in [1.54, 1.807) is 10.9 Å². The highest BCUT2D eigenvalue weighted by molar-refractivity contribution is 5.55. The van der Waals surface area contributed by atoms with E-state index in [1.807, 2.05) is 38.4 Å². The predicted octanol–water partition coefficient (Wildman–Crippen LogP) is 1.62. The van der Waals surface area contributed by atoms with Gasteiger partial charge >= 0.3 is 0 Å². The first-order valence-electron chi connectivity index (χ1n) is 4.46. The minimum atomic E-state index is 0.822. The molecule has 4 nitrogen and oxygen atoms in total. The third-order valence-electron chi connectivity index (χ3n) is 2.00. The van der Waals surface area contributed by atoms with Crippen LogP contribution in [0.4, 0.5) is 5.69 Å². The zero-order valence-electron chi connectivity index (χ0n) is 8.23. The minimum absolute atomic E-state index is 0.822. The summed E-state index contributed by atoms with van der Waals surface area (Å²) < 4.78 is 1.77. The first-order chi connectivity index (χ1) is 6.81. The fourth-order valence-electron chi connectivity index (χ4n) is 1.31. The highest BCUT2D eigenvalue weighted by Gasteiger charge is 2.04. The molecule has 0 aromatic carbocycles. The summed E-state index contributed by atoms with van der Waals surface area (Å²) in [7, 11) is 1.87. The summed E-state index contributed by atoms with van der Waals surface area (Å²) in [5, 5.41) is 7.38. The Bertz CT molecular complexity index is 433. The number of hydrogen-bond acceptors (Lipinski definition) is 3. The van der Waals surface area contributed by atoms with E-state index in [4.69, 9.17) is 0 Å². The smallest absolute Gasteiger partial charge is 0.176 e. The number of aryl methyl sites for hydroxylation is 1. The summed E-state index contributed by atoms with van der Waals surface area (Å²) in [4.78, 5) is 4.27. The van der Waals surface area contributed by atoms with Gasteiger partial charge in [0.15, 0.2) is 5.82 Å². The van der Waals surface area contributed by atoms with E-state index in [-0.39, 0.29) is 0 Å². The average Bonchev–Trinajstić information content (AvgIpc) is 2.65. The van der Waals surface area contributed by atoms with E-state index in [2.05, 4.69) is 15.4 Å². The number of pyridine rings is 1. The number of aromatic nitrogens is 3. The van der Waals surface area contributed by atoms with Crippen molar-refractivity contribution in [3.05, 3.63) is 36.3 Å². The van der Waals surface area contributed by atoms with Crippen molar-refractivity contribution < 1.29 is 0 Å². The largest absolute Gasteiger partial charge is 0.385 e. The van der Waals surface area contributed by atoms with Gasteiger partial charge in [-0.3, -0.25) is 0 Å². The summed E-state index contributed by atoms with van der Waals surface area (Å²) in [6.07, 6.45) is 3.66. The fourth-order valence-corrected chi connectivity index (χ4v) is 1.31. The molecular formula is C10H12N4. The molecule has 4 heteroatoms. The molecule has 0 aliphatic carbocycles. The topological polar surface area (TPSA) is 42.7 Å². The van der Waals surface area contributed by atoms with Crippen molar-refractivity contribution >= 4 is 5.69 Å². The van der Waals surface area contributed by atoms with Crippen LogP contribution in [0.3, 0.4) is 0 Å². The lowest BCUT2D eigenvalue weighted by Gasteiger charge is -2.06. The zero-order valence-corrected chi connectivity index (χ0v) is 8.23. The fraction of sp³-hybridized carbons (Fsp3) is 0.200. The molecule has 0 aliphatic rings. The molecule has 0 amide bonds. The summed E-state index contributed by atoms with van der Waals surface area (Å²) in [5.74, 6) is 0.822. The molecule has 0 saturated carbocycles. The van der Waals surface area contributed by atoms with Crippen LogP contribution in [0, 0.1) is 6.92 Å². The second kappa shape index (κ2) is 3.49. The Labute approximate surface area is 82.6 Å². The molecule has 0 unspecified atom stereocenters. The summed E-state index contributed by atoms with van der Waals surface area (Å²) in [6, 6.07) is 5.82. The van der Waals surface area contributed by atoms with Gasteiger partial charge in [-0.15, -0.1) is 0 Å². The van der Waals surface area contributed by atoms with E-state index in [1.165, 1.54) is 0 Å². The van der Waals surface area contributed by atoms with Crippen LogP contribution < -0.4 is 5.32 Å². The number of nitrogens with one attached hydrogen (secondary N) is 1. The number of anilines is 1. The first kappa shape index (κ1) is 8.74. The molecule has 2 aromatic heterocycles. The first-order valence-corrected chi connectivity index (χ1v) is 4.46. The van der Waals surface area contributed by atoms with Gasteiger partial charge in [0, 0.05) is 19.4 Å². The maximum absolute atomic E-state index is 4.30. The van der Waals surface area contributed by atoms with Crippen LogP contribution in [0.2, 0.25) is 0 Å². The van der Waals surface area contributed by atoms with Crippen molar-refractivity contribution in [2.45, 2.75) is 6.92 Å². The summed E-state index contributed by atoms with van der Waals surface area (Å²) in [5.41, 5.74) is 1.95. The highest BCUT2D eigenvalue weighted by atomic mass is 15.3. The molecule has 1 N–H and O–H groups in total. The Morgan fingerprint density at radius 2 is 2.21 bits per heavy atom. The maximum atomic E-state index is 4.30. The number of nitrogens with zero attached hydrogens (tertiary/aromatic N) is 3. The van der Waals surface area contributed by atoms with Gasteiger partial charge in [0.25, 0.3) is 0 Å². The standard InChI is InChI=1S/C10H12N4/c1-8-5-7-14(13-8)10-9(11-2)4-3-6-12-10/h3-7,11H,1-2H3. The van der Waals surface area contributed by atoms with Crippen LogP contribution in [-0.2, 0) is 0 Å². The van der Waals surface area contributed by atoms with E-state index in [9.17, 15) is 0 Å². The Morgan fingerprint density at radius 3 is 2.86 bits per heavy atom. The quantitative estimate of drug-likeness (QED) is 0.778. The molecule has 72 valence electrons. The zero-order chi connectivity index (χ0) is 9.97. The van der Waals surface area contributed by atoms with Crippen LogP contribution in [0.15, 0.2) is 30.6 Å². The van der Waals surface area contributed by atoms with Crippen molar-refractivity contribution in [3.8, 4) is 5.82 Å². The molecule has 0 radical (unpaired) electrons. The van der Waals surface area contributed by atoms with Crippen molar-refractivity contribution in [1.82, 2.24) is 14.8 Å². The molecular weight excluding hydrogens is 176 g/mol. The molecule has 2 aromatic rings. The Kier molecular flexibility index (Phi) is 2.18. The molecule has 0 fully saturated rings. The Balaban J connectivity index is 2.50. The van der Waals surface area contributed by atoms with Gasteiger partial charge in [0.1, 0.15) is 0 Å². The van der Waals surface area contributed by atoms with Crippen LogP contribution in [0.25, 0.3) is 5.82 Å². The second-order valence-electron chi connectivity index (χ2n) is 3.03. The van der Waals surface area contributed by atoms with Crippen LogP contribution in [-0.4, -0.2) is 21.8 Å². The molecule has 0 atom stereocenters. The lowest BCUT2D eigenvalue weighted by molar-refractivity contribution is 0.834. The SMILES string of the molecule is CNc1cccnc1-n1ccc(C)n1. The van der Waals surface area contributed by atoms with Gasteiger partial charge < -0.3 is 5.32 Å². The van der Waals surface area contributed by atoms with Gasteiger partial charge in [-0.1, -0.05) is 0 Å². The molecule has 0 bridgehead atoms. The van der Waals surface area contributed by atoms with Gasteiger partial charge in [0.05, 0.1) is 11.4 Å². The number of hydrogen-bond donors (Lipinski definition) is 1. The van der Waals surface area contributed by atoms with E-state index >= 15 is 0 Å². The maximum Gasteiger partial charge on any atom is 0.176 e. The third kappa shape index (κ3) is 1.46. The lowest BCUT2D eigenvalue weighted by Crippen LogP contribution is -2.03. The normalized spacial score (nSPS) is 10.1. The highest BCUT2D eigenvalue weighted by Crippen LogP contribution is 2.15. The minimum Gasteiger partial charge on any atom is -0.385 e. The Morgan fingerprint density at radius 1 is 1.36 bits per heavy atom. The molecule has 14 heavy (non-hydrogen) atoms. The van der Waals surface area contributed by atoms with Gasteiger partial charge in [-0.25, -0.2) is 9.67 Å². The third-order valence-corrected chi connectivity index (χ3v) is 2.00. The van der Waals surface area contributed by atoms with Crippen molar-refractivity contribution in [2.75, 3.05) is 12.4 Å². The summed E-state index contributed by atoms with van der Waals surface area (Å²) >= 11 is 0. The van der Waals surface area contributed by atoms with Crippen LogP contribution in [0.5, 0.6) is 0 Å². The van der Waals surface area contributed by atoms with Crippen molar-refractivity contribution in [2.24, 2.45) is 0 Å². The monoisotopic (exact) mass is 188 g/mol. The van der Waals surface area contributed by atoms with Crippen LogP contribution >= 0.6 is 0 Å². The number of rotatable bonds is 2. The molecule has 0 saturated heterocycles. The summed E-state index contributed by atoms with van der Waals surface area (Å²) in [6.45, 7) is 1.96. The molecule has 2 heterocycles. The molecule has 0 spiro atoms. The molecule has 2 rings (SSSR count). The van der Waals surface area contributed by atoms with Gasteiger partial charge in [-0.05, 0) is 25.1 Å². The van der Waals surface area contributed by atoms with Crippen molar-refractivity contribution in [3.63, 3.8) is 0 Å². The van der Waals surface area contributed by atoms with Gasteiger partial charge in [0.2, 0.25) is 0 Å². The van der Waals surface area contributed by atoms with Crippen molar-refractivity contribution in [1.29, 1.82) is 0 Å². The van der Waals surface area contributed by atoms with E-state index in [0.29, 0.717) is 0 Å². The lowest BCUT2D eigenvalue weighted by atomic mass is 10.4. The average molecular weight is 188 g/mol. The predicted molar refractivity (Wildman–Crippen MR) is 55.6 cm³/mol. The van der Waals surface area contributed by atoms with Gasteiger partial charge in [-0.2, -0.15) is 5.10 Å².